The highest BCUT2D eigenvalue weighted by Gasteiger charge is 2.35. The number of likely N-dealkylation sites (tertiary alicyclic amines) is 1. The number of aryl methyl sites for hydroxylation is 2. The van der Waals surface area contributed by atoms with E-state index in [1.165, 1.54) is 4.31 Å². The third-order valence-electron chi connectivity index (χ3n) is 5.84. The third-order valence-corrected chi connectivity index (χ3v) is 7.90. The number of hydrogen-bond acceptors (Lipinski definition) is 4. The molecule has 0 atom stereocenters. The van der Waals surface area contributed by atoms with Gasteiger partial charge in [0.05, 0.1) is 11.0 Å². The molecule has 150 valence electrons. The molecule has 0 bridgehead atoms. The van der Waals surface area contributed by atoms with Gasteiger partial charge in [0.2, 0.25) is 15.9 Å². The molecule has 2 fully saturated rings. The molecular weight excluding hydrogens is 364 g/mol. The zero-order chi connectivity index (χ0) is 19.6. The van der Waals surface area contributed by atoms with Crippen molar-refractivity contribution in [2.24, 2.45) is 5.92 Å². The van der Waals surface area contributed by atoms with Crippen LogP contribution in [0.3, 0.4) is 0 Å². The Morgan fingerprint density at radius 1 is 1.04 bits per heavy atom. The van der Waals surface area contributed by atoms with Crippen LogP contribution in [0.1, 0.15) is 36.8 Å². The summed E-state index contributed by atoms with van der Waals surface area (Å²) in [5.74, 6) is 0.0998. The molecule has 7 heteroatoms. The van der Waals surface area contributed by atoms with Crippen LogP contribution in [0.4, 0.5) is 0 Å². The largest absolute Gasteiger partial charge is 0.381 e. The highest BCUT2D eigenvalue weighted by Crippen LogP contribution is 2.28. The van der Waals surface area contributed by atoms with Gasteiger partial charge in [0.25, 0.3) is 0 Å². The van der Waals surface area contributed by atoms with E-state index >= 15 is 0 Å². The molecule has 1 aromatic carbocycles. The molecule has 2 aliphatic rings. The first-order chi connectivity index (χ1) is 12.8. The number of ether oxygens (including phenoxy) is 1. The van der Waals surface area contributed by atoms with Crippen molar-refractivity contribution in [1.29, 1.82) is 0 Å². The fraction of sp³-hybridized carbons (Fsp3) is 0.650. The van der Waals surface area contributed by atoms with E-state index in [0.717, 1.165) is 37.1 Å². The van der Waals surface area contributed by atoms with Crippen LogP contribution in [-0.2, 0) is 19.6 Å². The van der Waals surface area contributed by atoms with E-state index in [0.29, 0.717) is 30.8 Å². The Morgan fingerprint density at radius 2 is 1.67 bits per heavy atom. The van der Waals surface area contributed by atoms with Gasteiger partial charge >= 0.3 is 0 Å². The van der Waals surface area contributed by atoms with Gasteiger partial charge in [-0.3, -0.25) is 4.79 Å². The van der Waals surface area contributed by atoms with Crippen LogP contribution >= 0.6 is 0 Å². The van der Waals surface area contributed by atoms with Gasteiger partial charge in [-0.25, -0.2) is 8.42 Å². The summed E-state index contributed by atoms with van der Waals surface area (Å²) in [6.45, 7) is 6.06. The smallest absolute Gasteiger partial charge is 0.243 e. The molecule has 0 saturated carbocycles. The number of carbonyl (C=O) groups excluding carboxylic acids is 1. The monoisotopic (exact) mass is 394 g/mol. The minimum atomic E-state index is -3.50. The lowest BCUT2D eigenvalue weighted by Crippen LogP contribution is -2.47. The standard InChI is InChI=1S/C20H30N2O4S/c1-15-4-5-19(16(2)14-15)27(24,25)22-12-6-17(7-13-22)20(23)21-10-8-18(26-3)9-11-21/h4-5,14,17-18H,6-13H2,1-3H3. The molecule has 2 aliphatic heterocycles. The van der Waals surface area contributed by atoms with Crippen LogP contribution in [0.2, 0.25) is 0 Å². The summed E-state index contributed by atoms with van der Waals surface area (Å²) in [6.07, 6.45) is 3.18. The first kappa shape index (κ1) is 20.3. The minimum absolute atomic E-state index is 0.0744. The molecule has 0 aliphatic carbocycles. The number of nitrogens with zero attached hydrogens (tertiary/aromatic N) is 2. The van der Waals surface area contributed by atoms with Gasteiger partial charge in [-0.1, -0.05) is 17.7 Å². The van der Waals surface area contributed by atoms with Crippen LogP contribution in [-0.4, -0.2) is 62.9 Å². The molecule has 3 rings (SSSR count). The summed E-state index contributed by atoms with van der Waals surface area (Å²) in [6, 6.07) is 5.42. The lowest BCUT2D eigenvalue weighted by molar-refractivity contribution is -0.139. The fourth-order valence-electron chi connectivity index (χ4n) is 4.14. The lowest BCUT2D eigenvalue weighted by Gasteiger charge is -2.36. The number of methoxy groups -OCH3 is 1. The van der Waals surface area contributed by atoms with Gasteiger partial charge in [0.1, 0.15) is 0 Å². The Balaban J connectivity index is 1.60. The number of amides is 1. The number of carbonyl (C=O) groups is 1. The van der Waals surface area contributed by atoms with Gasteiger partial charge in [0.15, 0.2) is 0 Å². The summed E-state index contributed by atoms with van der Waals surface area (Å²) in [5.41, 5.74) is 1.82. The number of rotatable bonds is 4. The third kappa shape index (κ3) is 4.36. The predicted molar refractivity (Wildman–Crippen MR) is 104 cm³/mol. The molecular formula is C20H30N2O4S. The zero-order valence-electron chi connectivity index (χ0n) is 16.5. The van der Waals surface area contributed by atoms with Gasteiger partial charge in [-0.2, -0.15) is 4.31 Å². The average Bonchev–Trinajstić information content (AvgIpc) is 2.67. The number of benzene rings is 1. The van der Waals surface area contributed by atoms with Gasteiger partial charge in [-0.05, 0) is 51.2 Å². The normalized spacial score (nSPS) is 20.8. The predicted octanol–water partition coefficient (Wildman–Crippen LogP) is 2.34. The van der Waals surface area contributed by atoms with E-state index < -0.39 is 10.0 Å². The highest BCUT2D eigenvalue weighted by atomic mass is 32.2. The molecule has 2 saturated heterocycles. The van der Waals surface area contributed by atoms with Crippen molar-refractivity contribution in [3.05, 3.63) is 29.3 Å². The van der Waals surface area contributed by atoms with Crippen molar-refractivity contribution in [3.8, 4) is 0 Å². The maximum atomic E-state index is 13.0. The van der Waals surface area contributed by atoms with Crippen molar-refractivity contribution in [1.82, 2.24) is 9.21 Å². The number of hydrogen-bond donors (Lipinski definition) is 0. The zero-order valence-corrected chi connectivity index (χ0v) is 17.3. The van der Waals surface area contributed by atoms with Gasteiger partial charge in [-0.15, -0.1) is 0 Å². The maximum absolute atomic E-state index is 13.0. The summed E-state index contributed by atoms with van der Waals surface area (Å²) in [4.78, 5) is 15.1. The summed E-state index contributed by atoms with van der Waals surface area (Å²) >= 11 is 0. The molecule has 2 heterocycles. The number of piperidine rings is 2. The first-order valence-electron chi connectivity index (χ1n) is 9.72. The minimum Gasteiger partial charge on any atom is -0.381 e. The van der Waals surface area contributed by atoms with E-state index in [4.69, 9.17) is 4.74 Å². The Morgan fingerprint density at radius 3 is 2.22 bits per heavy atom. The molecule has 27 heavy (non-hydrogen) atoms. The Hall–Kier alpha value is -1.44. The molecule has 6 nitrogen and oxygen atoms in total. The Kier molecular flexibility index (Phi) is 6.23. The van der Waals surface area contributed by atoms with E-state index in [2.05, 4.69) is 0 Å². The molecule has 0 aromatic heterocycles. The van der Waals surface area contributed by atoms with E-state index in [1.54, 1.807) is 13.2 Å². The molecule has 0 spiro atoms. The summed E-state index contributed by atoms with van der Waals surface area (Å²) in [7, 11) is -1.79. The van der Waals surface area contributed by atoms with Crippen molar-refractivity contribution < 1.29 is 17.9 Å². The topological polar surface area (TPSA) is 66.9 Å². The van der Waals surface area contributed by atoms with Crippen molar-refractivity contribution >= 4 is 15.9 Å². The van der Waals surface area contributed by atoms with Crippen LogP contribution < -0.4 is 0 Å². The van der Waals surface area contributed by atoms with Crippen LogP contribution in [0.25, 0.3) is 0 Å². The van der Waals surface area contributed by atoms with E-state index in [1.807, 2.05) is 30.9 Å². The van der Waals surface area contributed by atoms with Gasteiger partial charge < -0.3 is 9.64 Å². The quantitative estimate of drug-likeness (QED) is 0.786. The lowest BCUT2D eigenvalue weighted by atomic mass is 9.95. The Labute approximate surface area is 162 Å². The fourth-order valence-corrected chi connectivity index (χ4v) is 5.82. The van der Waals surface area contributed by atoms with Crippen LogP contribution in [0, 0.1) is 19.8 Å². The van der Waals surface area contributed by atoms with Gasteiger partial charge in [0, 0.05) is 39.2 Å². The van der Waals surface area contributed by atoms with Crippen molar-refractivity contribution in [2.75, 3.05) is 33.3 Å². The second kappa shape index (κ2) is 8.29. The van der Waals surface area contributed by atoms with Crippen molar-refractivity contribution in [3.63, 3.8) is 0 Å². The molecule has 0 N–H and O–H groups in total. The second-order valence-corrected chi connectivity index (χ2v) is 9.61. The average molecular weight is 395 g/mol. The summed E-state index contributed by atoms with van der Waals surface area (Å²) < 4.78 is 32.9. The Bertz CT molecular complexity index is 777. The van der Waals surface area contributed by atoms with Crippen molar-refractivity contribution in [2.45, 2.75) is 50.5 Å². The van der Waals surface area contributed by atoms with Crippen LogP contribution in [0.15, 0.2) is 23.1 Å². The molecule has 0 unspecified atom stereocenters. The maximum Gasteiger partial charge on any atom is 0.243 e. The first-order valence-corrected chi connectivity index (χ1v) is 11.2. The summed E-state index contributed by atoms with van der Waals surface area (Å²) in [5, 5.41) is 0. The molecule has 1 amide bonds. The molecule has 1 aromatic rings. The number of sulfonamides is 1. The highest BCUT2D eigenvalue weighted by molar-refractivity contribution is 7.89. The second-order valence-electron chi connectivity index (χ2n) is 7.71. The van der Waals surface area contributed by atoms with Crippen LogP contribution in [0.5, 0.6) is 0 Å². The van der Waals surface area contributed by atoms with E-state index in [-0.39, 0.29) is 17.9 Å². The van der Waals surface area contributed by atoms with E-state index in [9.17, 15) is 13.2 Å². The molecule has 0 radical (unpaired) electrons. The SMILES string of the molecule is COC1CCN(C(=O)C2CCN(S(=O)(=O)c3ccc(C)cc3C)CC2)CC1.